The van der Waals surface area contributed by atoms with Gasteiger partial charge in [-0.15, -0.1) is 0 Å². The van der Waals surface area contributed by atoms with Crippen LogP contribution in [0.2, 0.25) is 0 Å². The highest BCUT2D eigenvalue weighted by molar-refractivity contribution is 9.09. The Kier molecular flexibility index (Phi) is 5.29. The Bertz CT molecular complexity index is 195. The van der Waals surface area contributed by atoms with Crippen molar-refractivity contribution < 1.29 is 0 Å². The number of nitriles is 2. The topological polar surface area (TPSA) is 47.6 Å². The Morgan fingerprint density at radius 3 is 1.40 bits per heavy atom. The SMILES string of the molecule is N#CC(CBr)=C(C#N)CBr. The molecule has 0 fully saturated rings. The normalized spacial score (nSPS) is 11.2. The fourth-order valence-electron chi connectivity index (χ4n) is 0.356. The summed E-state index contributed by atoms with van der Waals surface area (Å²) in [6.45, 7) is 0. The van der Waals surface area contributed by atoms with Crippen LogP contribution in [0.1, 0.15) is 0 Å². The van der Waals surface area contributed by atoms with Crippen molar-refractivity contribution in [1.82, 2.24) is 0 Å². The molecule has 10 heavy (non-hydrogen) atoms. The van der Waals surface area contributed by atoms with E-state index in [0.717, 1.165) is 0 Å². The second kappa shape index (κ2) is 5.46. The highest BCUT2D eigenvalue weighted by Crippen LogP contribution is 2.08. The second-order valence-electron chi connectivity index (χ2n) is 1.45. The van der Waals surface area contributed by atoms with E-state index in [1.54, 1.807) is 0 Å². The van der Waals surface area contributed by atoms with E-state index in [4.69, 9.17) is 10.5 Å². The van der Waals surface area contributed by atoms with Crippen molar-refractivity contribution in [3.05, 3.63) is 11.1 Å². The number of nitrogens with zero attached hydrogens (tertiary/aromatic N) is 2. The lowest BCUT2D eigenvalue weighted by Gasteiger charge is -1.91. The summed E-state index contributed by atoms with van der Waals surface area (Å²) in [5, 5.41) is 17.8. The molecule has 0 spiro atoms. The standard InChI is InChI=1S/C6H4Br2N2/c7-1-5(3-9)6(2-8)4-10/h1-2H2. The van der Waals surface area contributed by atoms with Gasteiger partial charge in [-0.3, -0.25) is 0 Å². The molecule has 4 heteroatoms. The van der Waals surface area contributed by atoms with Crippen molar-refractivity contribution >= 4 is 31.9 Å². The predicted octanol–water partition coefficient (Wildman–Crippen LogP) is 2.12. The summed E-state index contributed by atoms with van der Waals surface area (Å²) in [4.78, 5) is 0. The van der Waals surface area contributed by atoms with Crippen molar-refractivity contribution in [2.75, 3.05) is 10.7 Å². The van der Waals surface area contributed by atoms with E-state index in [1.807, 2.05) is 12.1 Å². The summed E-state index contributed by atoms with van der Waals surface area (Å²) in [7, 11) is 0. The number of halogens is 2. The maximum Gasteiger partial charge on any atom is 0.0966 e. The summed E-state index contributed by atoms with van der Waals surface area (Å²) in [5.41, 5.74) is 0.971. The molecule has 52 valence electrons. The average Bonchev–Trinajstić information content (AvgIpc) is 2.00. The Labute approximate surface area is 76.4 Å². The molecule has 0 unspecified atom stereocenters. The van der Waals surface area contributed by atoms with Gasteiger partial charge in [-0.25, -0.2) is 0 Å². The molecule has 0 rings (SSSR count). The maximum absolute atomic E-state index is 8.45. The molecule has 0 aliphatic carbocycles. The lowest BCUT2D eigenvalue weighted by Crippen LogP contribution is -1.89. The first-order valence-corrected chi connectivity index (χ1v) is 4.68. The fourth-order valence-corrected chi connectivity index (χ4v) is 1.28. The average molecular weight is 264 g/mol. The van der Waals surface area contributed by atoms with E-state index < -0.39 is 0 Å². The van der Waals surface area contributed by atoms with Gasteiger partial charge in [0.15, 0.2) is 0 Å². The van der Waals surface area contributed by atoms with Gasteiger partial charge in [0.2, 0.25) is 0 Å². The van der Waals surface area contributed by atoms with Crippen molar-refractivity contribution in [3.8, 4) is 12.1 Å². The summed E-state index contributed by atoms with van der Waals surface area (Å²) in [6, 6.07) is 3.87. The molecule has 0 atom stereocenters. The summed E-state index contributed by atoms with van der Waals surface area (Å²) >= 11 is 6.21. The molecule has 0 heterocycles. The fraction of sp³-hybridized carbons (Fsp3) is 0.333. The van der Waals surface area contributed by atoms with Crippen LogP contribution >= 0.6 is 31.9 Å². The minimum Gasteiger partial charge on any atom is -0.193 e. The Balaban J connectivity index is 4.62. The molecule has 0 saturated heterocycles. The molecule has 0 aromatic rings. The molecule has 0 bridgehead atoms. The minimum atomic E-state index is 0.442. The molecule has 0 aromatic heterocycles. The Morgan fingerprint density at radius 2 is 1.30 bits per heavy atom. The lowest BCUT2D eigenvalue weighted by atomic mass is 10.2. The van der Waals surface area contributed by atoms with E-state index in [2.05, 4.69) is 31.9 Å². The van der Waals surface area contributed by atoms with E-state index in [0.29, 0.717) is 21.8 Å². The largest absolute Gasteiger partial charge is 0.193 e. The van der Waals surface area contributed by atoms with Crippen LogP contribution in [0.15, 0.2) is 11.1 Å². The van der Waals surface area contributed by atoms with Crippen LogP contribution < -0.4 is 0 Å². The zero-order valence-electron chi connectivity index (χ0n) is 5.06. The zero-order valence-corrected chi connectivity index (χ0v) is 8.24. The predicted molar refractivity (Wildman–Crippen MR) is 45.8 cm³/mol. The molecule has 0 radical (unpaired) electrons. The van der Waals surface area contributed by atoms with Gasteiger partial charge in [0.05, 0.1) is 23.3 Å². The smallest absolute Gasteiger partial charge is 0.0966 e. The van der Waals surface area contributed by atoms with Crippen LogP contribution in [0.25, 0.3) is 0 Å². The minimum absolute atomic E-state index is 0.442. The molecule has 0 amide bonds. The van der Waals surface area contributed by atoms with Gasteiger partial charge in [0, 0.05) is 10.7 Å². The number of alkyl halides is 2. The third-order valence-corrected chi connectivity index (χ3v) is 2.02. The van der Waals surface area contributed by atoms with Gasteiger partial charge >= 0.3 is 0 Å². The molecule has 2 nitrogen and oxygen atoms in total. The van der Waals surface area contributed by atoms with Gasteiger partial charge in [-0.05, 0) is 0 Å². The van der Waals surface area contributed by atoms with Crippen molar-refractivity contribution in [3.63, 3.8) is 0 Å². The number of hydrogen-bond donors (Lipinski definition) is 0. The van der Waals surface area contributed by atoms with E-state index in [-0.39, 0.29) is 0 Å². The van der Waals surface area contributed by atoms with Gasteiger partial charge < -0.3 is 0 Å². The molecule has 0 aliphatic rings. The highest BCUT2D eigenvalue weighted by atomic mass is 79.9. The maximum atomic E-state index is 8.45. The first kappa shape index (κ1) is 9.68. The van der Waals surface area contributed by atoms with Crippen LogP contribution in [-0.4, -0.2) is 10.7 Å². The van der Waals surface area contributed by atoms with Crippen molar-refractivity contribution in [2.24, 2.45) is 0 Å². The first-order valence-electron chi connectivity index (χ1n) is 2.44. The molecular formula is C6H4Br2N2. The molecular weight excluding hydrogens is 260 g/mol. The molecule has 0 N–H and O–H groups in total. The van der Waals surface area contributed by atoms with Crippen LogP contribution in [-0.2, 0) is 0 Å². The third kappa shape index (κ3) is 2.51. The van der Waals surface area contributed by atoms with E-state index >= 15 is 0 Å². The molecule has 0 aromatic carbocycles. The summed E-state index contributed by atoms with van der Waals surface area (Å²) in [5.74, 6) is 0. The van der Waals surface area contributed by atoms with Gasteiger partial charge in [-0.2, -0.15) is 10.5 Å². The zero-order chi connectivity index (χ0) is 7.98. The molecule has 0 aliphatic heterocycles. The number of hydrogen-bond acceptors (Lipinski definition) is 2. The van der Waals surface area contributed by atoms with Crippen molar-refractivity contribution in [1.29, 1.82) is 10.5 Å². The number of rotatable bonds is 2. The lowest BCUT2D eigenvalue weighted by molar-refractivity contribution is 1.37. The summed E-state index contributed by atoms with van der Waals surface area (Å²) < 4.78 is 0. The van der Waals surface area contributed by atoms with Crippen LogP contribution in [0.5, 0.6) is 0 Å². The van der Waals surface area contributed by atoms with Gasteiger partial charge in [-0.1, -0.05) is 31.9 Å². The van der Waals surface area contributed by atoms with Crippen LogP contribution in [0, 0.1) is 22.7 Å². The van der Waals surface area contributed by atoms with E-state index in [9.17, 15) is 0 Å². The Morgan fingerprint density at radius 1 is 1.00 bits per heavy atom. The monoisotopic (exact) mass is 262 g/mol. The first-order chi connectivity index (χ1) is 4.79. The van der Waals surface area contributed by atoms with Crippen LogP contribution in [0.4, 0.5) is 0 Å². The van der Waals surface area contributed by atoms with E-state index in [1.165, 1.54) is 0 Å². The second-order valence-corrected chi connectivity index (χ2v) is 2.57. The Hall–Kier alpha value is -0.320. The van der Waals surface area contributed by atoms with Gasteiger partial charge in [0.1, 0.15) is 0 Å². The summed E-state index contributed by atoms with van der Waals surface area (Å²) in [6.07, 6.45) is 0. The van der Waals surface area contributed by atoms with Crippen LogP contribution in [0.3, 0.4) is 0 Å². The van der Waals surface area contributed by atoms with Gasteiger partial charge in [0.25, 0.3) is 0 Å². The quantitative estimate of drug-likeness (QED) is 0.566. The highest BCUT2D eigenvalue weighted by Gasteiger charge is 2.01. The number of allylic oxidation sites excluding steroid dienone is 2. The molecule has 0 saturated carbocycles. The third-order valence-electron chi connectivity index (χ3n) is 0.901. The van der Waals surface area contributed by atoms with Crippen molar-refractivity contribution in [2.45, 2.75) is 0 Å².